The van der Waals surface area contributed by atoms with Crippen LogP contribution in [0.1, 0.15) is 28.9 Å². The van der Waals surface area contributed by atoms with Crippen molar-refractivity contribution >= 4 is 5.97 Å². The first-order valence-electron chi connectivity index (χ1n) is 8.95. The fraction of sp³-hybridized carbons (Fsp3) is 0.182. The number of rotatable bonds is 7. The lowest BCUT2D eigenvalue weighted by molar-refractivity contribution is 0.0522. The molecule has 1 heterocycles. The summed E-state index contributed by atoms with van der Waals surface area (Å²) >= 11 is 0. The number of aliphatic hydroxyl groups is 1. The minimum absolute atomic E-state index is 0.0167. The highest BCUT2D eigenvalue weighted by atomic mass is 16.5. The number of benzene rings is 2. The number of hydrogen-bond acceptors (Lipinski definition) is 5. The highest BCUT2D eigenvalue weighted by Crippen LogP contribution is 2.20. The van der Waals surface area contributed by atoms with Crippen LogP contribution in [0.3, 0.4) is 0 Å². The fourth-order valence-corrected chi connectivity index (χ4v) is 2.73. The second-order valence-electron chi connectivity index (χ2n) is 6.12. The van der Waals surface area contributed by atoms with Crippen molar-refractivity contribution in [1.29, 1.82) is 0 Å². The molecule has 3 aromatic rings. The molecule has 0 fully saturated rings. The van der Waals surface area contributed by atoms with Gasteiger partial charge in [0, 0.05) is 6.20 Å². The zero-order valence-corrected chi connectivity index (χ0v) is 15.4. The van der Waals surface area contributed by atoms with Gasteiger partial charge in [-0.3, -0.25) is 4.79 Å². The van der Waals surface area contributed by atoms with Crippen molar-refractivity contribution in [2.45, 2.75) is 19.6 Å². The number of aromatic nitrogens is 1. The third kappa shape index (κ3) is 4.66. The number of carbonyl (C=O) groups excluding carboxylic acids is 1. The third-order valence-electron chi connectivity index (χ3n) is 4.08. The Balaban J connectivity index is 1.96. The monoisotopic (exact) mass is 379 g/mol. The Bertz CT molecular complexity index is 983. The molecule has 0 bridgehead atoms. The van der Waals surface area contributed by atoms with Gasteiger partial charge in [-0.05, 0) is 24.6 Å². The average Bonchev–Trinajstić information content (AvgIpc) is 2.72. The Morgan fingerprint density at radius 2 is 1.68 bits per heavy atom. The number of carbonyl (C=O) groups is 1. The molecule has 28 heavy (non-hydrogen) atoms. The van der Waals surface area contributed by atoms with Crippen molar-refractivity contribution in [2.75, 3.05) is 6.61 Å². The van der Waals surface area contributed by atoms with Gasteiger partial charge in [0.05, 0.1) is 25.5 Å². The van der Waals surface area contributed by atoms with Crippen LogP contribution in [-0.4, -0.2) is 22.2 Å². The van der Waals surface area contributed by atoms with Crippen molar-refractivity contribution < 1.29 is 19.4 Å². The molecule has 2 aromatic carbocycles. The van der Waals surface area contributed by atoms with Gasteiger partial charge in [0.2, 0.25) is 5.43 Å². The summed E-state index contributed by atoms with van der Waals surface area (Å²) in [4.78, 5) is 24.9. The molecule has 0 amide bonds. The summed E-state index contributed by atoms with van der Waals surface area (Å²) in [5.41, 5.74) is 0.0210. The number of hydrogen-bond donors (Lipinski definition) is 1. The summed E-state index contributed by atoms with van der Waals surface area (Å²) in [7, 11) is 0. The van der Waals surface area contributed by atoms with E-state index in [9.17, 15) is 14.7 Å². The van der Waals surface area contributed by atoms with E-state index in [-0.39, 0.29) is 24.5 Å². The first-order valence-corrected chi connectivity index (χ1v) is 8.95. The van der Waals surface area contributed by atoms with Gasteiger partial charge in [-0.2, -0.15) is 0 Å². The average molecular weight is 379 g/mol. The van der Waals surface area contributed by atoms with Gasteiger partial charge in [0.15, 0.2) is 5.75 Å². The number of pyridine rings is 1. The van der Waals surface area contributed by atoms with Crippen LogP contribution in [0, 0.1) is 0 Å². The molecule has 1 aromatic heterocycles. The number of para-hydroxylation sites is 1. The SMILES string of the molecule is CCOC(=O)c1cn(C[C@@H](O)c2ccccc2)cc(Oc2ccccc2)c1=O. The molecule has 0 saturated heterocycles. The van der Waals surface area contributed by atoms with E-state index >= 15 is 0 Å². The van der Waals surface area contributed by atoms with E-state index in [1.54, 1.807) is 47.9 Å². The summed E-state index contributed by atoms with van der Waals surface area (Å²) < 4.78 is 12.2. The quantitative estimate of drug-likeness (QED) is 0.635. The molecule has 144 valence electrons. The summed E-state index contributed by atoms with van der Waals surface area (Å²) in [5.74, 6) is -0.276. The van der Waals surface area contributed by atoms with Gasteiger partial charge in [0.1, 0.15) is 11.3 Å². The van der Waals surface area contributed by atoms with Crippen LogP contribution in [0.4, 0.5) is 0 Å². The largest absolute Gasteiger partial charge is 0.462 e. The van der Waals surface area contributed by atoms with Crippen LogP contribution in [0.5, 0.6) is 11.5 Å². The van der Waals surface area contributed by atoms with E-state index < -0.39 is 17.5 Å². The zero-order chi connectivity index (χ0) is 19.9. The van der Waals surface area contributed by atoms with Gasteiger partial charge in [-0.15, -0.1) is 0 Å². The number of ether oxygens (including phenoxy) is 2. The van der Waals surface area contributed by atoms with Crippen molar-refractivity contribution in [2.24, 2.45) is 0 Å². The molecule has 0 aliphatic heterocycles. The Labute approximate surface area is 162 Å². The first kappa shape index (κ1) is 19.4. The fourth-order valence-electron chi connectivity index (χ4n) is 2.73. The summed E-state index contributed by atoms with van der Waals surface area (Å²) in [6.07, 6.45) is 2.04. The maximum atomic E-state index is 12.7. The lowest BCUT2D eigenvalue weighted by Crippen LogP contribution is -2.22. The Kier molecular flexibility index (Phi) is 6.24. The van der Waals surface area contributed by atoms with Crippen molar-refractivity contribution in [1.82, 2.24) is 4.57 Å². The van der Waals surface area contributed by atoms with Crippen molar-refractivity contribution in [3.8, 4) is 11.5 Å². The first-order chi connectivity index (χ1) is 13.6. The molecule has 0 spiro atoms. The summed E-state index contributed by atoms with van der Waals surface area (Å²) in [5, 5.41) is 10.5. The molecule has 6 heteroatoms. The van der Waals surface area contributed by atoms with Gasteiger partial charge in [-0.1, -0.05) is 48.5 Å². The van der Waals surface area contributed by atoms with Crippen LogP contribution >= 0.6 is 0 Å². The van der Waals surface area contributed by atoms with E-state index in [4.69, 9.17) is 9.47 Å². The summed E-state index contributed by atoms with van der Waals surface area (Å²) in [6, 6.07) is 17.9. The predicted molar refractivity (Wildman–Crippen MR) is 105 cm³/mol. The lowest BCUT2D eigenvalue weighted by atomic mass is 10.1. The van der Waals surface area contributed by atoms with Crippen LogP contribution in [-0.2, 0) is 11.3 Å². The second-order valence-corrected chi connectivity index (χ2v) is 6.12. The Morgan fingerprint density at radius 3 is 2.32 bits per heavy atom. The van der Waals surface area contributed by atoms with E-state index in [1.807, 2.05) is 24.3 Å². The van der Waals surface area contributed by atoms with E-state index in [2.05, 4.69) is 0 Å². The highest BCUT2D eigenvalue weighted by molar-refractivity contribution is 5.89. The van der Waals surface area contributed by atoms with Crippen molar-refractivity contribution in [3.05, 3.63) is 94.4 Å². The normalized spacial score (nSPS) is 11.6. The lowest BCUT2D eigenvalue weighted by Gasteiger charge is -2.16. The highest BCUT2D eigenvalue weighted by Gasteiger charge is 2.19. The maximum absolute atomic E-state index is 12.7. The minimum atomic E-state index is -0.816. The van der Waals surface area contributed by atoms with Gasteiger partial charge in [0.25, 0.3) is 0 Å². The number of nitrogens with zero attached hydrogens (tertiary/aromatic N) is 1. The van der Waals surface area contributed by atoms with Gasteiger partial charge in [-0.25, -0.2) is 4.79 Å². The molecule has 0 unspecified atom stereocenters. The Morgan fingerprint density at radius 1 is 1.04 bits per heavy atom. The van der Waals surface area contributed by atoms with Gasteiger partial charge < -0.3 is 19.1 Å². The molecule has 6 nitrogen and oxygen atoms in total. The smallest absolute Gasteiger partial charge is 0.343 e. The predicted octanol–water partition coefficient (Wildman–Crippen LogP) is 3.55. The van der Waals surface area contributed by atoms with Crippen LogP contribution in [0.2, 0.25) is 0 Å². The van der Waals surface area contributed by atoms with Gasteiger partial charge >= 0.3 is 5.97 Å². The second kappa shape index (κ2) is 9.01. The zero-order valence-electron chi connectivity index (χ0n) is 15.4. The molecule has 0 radical (unpaired) electrons. The maximum Gasteiger partial charge on any atom is 0.343 e. The van der Waals surface area contributed by atoms with Crippen molar-refractivity contribution in [3.63, 3.8) is 0 Å². The molecule has 1 N–H and O–H groups in total. The molecule has 0 aliphatic carbocycles. The van der Waals surface area contributed by atoms with Crippen LogP contribution in [0.25, 0.3) is 0 Å². The standard InChI is InChI=1S/C22H21NO5/c1-2-27-22(26)18-13-23(14-19(24)16-9-5-3-6-10-16)15-20(21(18)25)28-17-11-7-4-8-12-17/h3-13,15,19,24H,2,14H2,1H3/t19-/m1/s1. The molecular formula is C22H21NO5. The molecule has 3 rings (SSSR count). The Hall–Kier alpha value is -3.38. The molecule has 1 atom stereocenters. The minimum Gasteiger partial charge on any atom is -0.462 e. The van der Waals surface area contributed by atoms with Crippen LogP contribution < -0.4 is 10.2 Å². The topological polar surface area (TPSA) is 77.8 Å². The summed E-state index contributed by atoms with van der Waals surface area (Å²) in [6.45, 7) is 1.95. The van der Waals surface area contributed by atoms with Crippen LogP contribution in [0.15, 0.2) is 77.9 Å². The molecule has 0 aliphatic rings. The number of aliphatic hydroxyl groups excluding tert-OH is 1. The van der Waals surface area contributed by atoms with E-state index in [0.29, 0.717) is 5.75 Å². The molecule has 0 saturated carbocycles. The molecular weight excluding hydrogens is 358 g/mol. The van der Waals surface area contributed by atoms with E-state index in [0.717, 1.165) is 5.56 Å². The third-order valence-corrected chi connectivity index (χ3v) is 4.08. The van der Waals surface area contributed by atoms with E-state index in [1.165, 1.54) is 12.4 Å². The number of esters is 1.